The number of aliphatic hydroxyl groups is 1. The first-order valence-corrected chi connectivity index (χ1v) is 8.62. The lowest BCUT2D eigenvalue weighted by Crippen LogP contribution is -2.47. The van der Waals surface area contributed by atoms with Gasteiger partial charge in [-0.2, -0.15) is 0 Å². The first-order chi connectivity index (χ1) is 11.9. The number of carbonyl (C=O) groups is 1. The van der Waals surface area contributed by atoms with E-state index in [2.05, 4.69) is 4.98 Å². The summed E-state index contributed by atoms with van der Waals surface area (Å²) in [5.41, 5.74) is 0.443. The van der Waals surface area contributed by atoms with Crippen molar-refractivity contribution in [2.45, 2.75) is 45.1 Å². The van der Waals surface area contributed by atoms with Gasteiger partial charge in [0.05, 0.1) is 11.3 Å². The van der Waals surface area contributed by atoms with Crippen molar-refractivity contribution in [3.8, 4) is 0 Å². The number of benzene rings is 1. The summed E-state index contributed by atoms with van der Waals surface area (Å²) in [5, 5.41) is 10.8. The number of rotatable bonds is 4. The molecule has 0 unspecified atom stereocenters. The number of aromatic nitrogens is 1. The van der Waals surface area contributed by atoms with E-state index in [0.29, 0.717) is 50.4 Å². The van der Waals surface area contributed by atoms with Crippen molar-refractivity contribution >= 4 is 5.91 Å². The molecule has 1 aromatic carbocycles. The zero-order valence-electron chi connectivity index (χ0n) is 14.6. The number of aryl methyl sites for hydroxylation is 2. The van der Waals surface area contributed by atoms with E-state index in [1.165, 1.54) is 12.1 Å². The molecular weight excluding hydrogens is 323 g/mol. The van der Waals surface area contributed by atoms with Crippen LogP contribution in [0.1, 0.15) is 47.5 Å². The van der Waals surface area contributed by atoms with Gasteiger partial charge < -0.3 is 14.4 Å². The monoisotopic (exact) mass is 346 g/mol. The molecule has 1 N–H and O–H groups in total. The summed E-state index contributed by atoms with van der Waals surface area (Å²) in [7, 11) is 0. The molecule has 1 aliphatic heterocycles. The van der Waals surface area contributed by atoms with Gasteiger partial charge in [0.25, 0.3) is 5.91 Å². The van der Waals surface area contributed by atoms with Crippen molar-refractivity contribution in [1.82, 2.24) is 9.88 Å². The summed E-state index contributed by atoms with van der Waals surface area (Å²) in [5.74, 6) is 0.353. The van der Waals surface area contributed by atoms with Gasteiger partial charge in [-0.1, -0.05) is 19.1 Å². The maximum absolute atomic E-state index is 13.3. The number of oxazole rings is 1. The van der Waals surface area contributed by atoms with Crippen molar-refractivity contribution in [2.24, 2.45) is 0 Å². The smallest absolute Gasteiger partial charge is 0.291 e. The van der Waals surface area contributed by atoms with Crippen LogP contribution in [0.25, 0.3) is 0 Å². The third-order valence-electron chi connectivity index (χ3n) is 4.74. The quantitative estimate of drug-likeness (QED) is 0.924. The molecule has 0 spiro atoms. The Morgan fingerprint density at radius 3 is 2.72 bits per heavy atom. The number of nitrogens with zero attached hydrogens (tertiary/aromatic N) is 2. The Labute approximate surface area is 146 Å². The molecule has 2 heterocycles. The lowest BCUT2D eigenvalue weighted by molar-refractivity contribution is -0.0169. The second kappa shape index (κ2) is 6.96. The number of likely N-dealkylation sites (tertiary alicyclic amines) is 1. The molecule has 1 amide bonds. The number of hydrogen-bond acceptors (Lipinski definition) is 4. The molecule has 1 aliphatic rings. The lowest BCUT2D eigenvalue weighted by atomic mass is 9.85. The fraction of sp³-hybridized carbons (Fsp3) is 0.474. The third kappa shape index (κ3) is 3.90. The summed E-state index contributed by atoms with van der Waals surface area (Å²) in [6.45, 7) is 4.56. The number of carbonyl (C=O) groups excluding carboxylic acids is 1. The van der Waals surface area contributed by atoms with Crippen LogP contribution >= 0.6 is 0 Å². The molecule has 1 aromatic heterocycles. The van der Waals surface area contributed by atoms with Crippen LogP contribution in [0.3, 0.4) is 0 Å². The minimum Gasteiger partial charge on any atom is -0.435 e. The third-order valence-corrected chi connectivity index (χ3v) is 4.74. The van der Waals surface area contributed by atoms with Crippen LogP contribution in [-0.4, -0.2) is 39.6 Å². The van der Waals surface area contributed by atoms with E-state index in [1.807, 2.05) is 13.0 Å². The molecule has 3 rings (SSSR count). The Morgan fingerprint density at radius 2 is 2.12 bits per heavy atom. The van der Waals surface area contributed by atoms with Gasteiger partial charge in [0.1, 0.15) is 5.82 Å². The lowest BCUT2D eigenvalue weighted by Gasteiger charge is -2.38. The molecule has 25 heavy (non-hydrogen) atoms. The average Bonchev–Trinajstić information content (AvgIpc) is 2.95. The first-order valence-electron chi connectivity index (χ1n) is 8.62. The van der Waals surface area contributed by atoms with E-state index in [4.69, 9.17) is 4.42 Å². The van der Waals surface area contributed by atoms with Crippen molar-refractivity contribution in [1.29, 1.82) is 0 Å². The standard InChI is InChI=1S/C19H23FN2O3/c1-3-16-21-13(2)17(25-16)18(23)22-9-7-19(24,8-10-22)12-14-5-4-6-15(20)11-14/h4-6,11,24H,3,7-10,12H2,1-2H3. The summed E-state index contributed by atoms with van der Waals surface area (Å²) < 4.78 is 18.9. The van der Waals surface area contributed by atoms with E-state index >= 15 is 0 Å². The van der Waals surface area contributed by atoms with Crippen LogP contribution < -0.4 is 0 Å². The van der Waals surface area contributed by atoms with Crippen LogP contribution in [0, 0.1) is 12.7 Å². The van der Waals surface area contributed by atoms with Gasteiger partial charge in [0.2, 0.25) is 5.76 Å². The second-order valence-corrected chi connectivity index (χ2v) is 6.70. The highest BCUT2D eigenvalue weighted by Gasteiger charge is 2.35. The van der Waals surface area contributed by atoms with Crippen LogP contribution in [0.4, 0.5) is 4.39 Å². The van der Waals surface area contributed by atoms with E-state index in [9.17, 15) is 14.3 Å². The van der Waals surface area contributed by atoms with Crippen LogP contribution in [0.2, 0.25) is 0 Å². The SMILES string of the molecule is CCc1nc(C)c(C(=O)N2CCC(O)(Cc3cccc(F)c3)CC2)o1. The highest BCUT2D eigenvalue weighted by atomic mass is 19.1. The average molecular weight is 346 g/mol. The topological polar surface area (TPSA) is 66.6 Å². The van der Waals surface area contributed by atoms with E-state index in [0.717, 1.165) is 5.56 Å². The summed E-state index contributed by atoms with van der Waals surface area (Å²) in [6, 6.07) is 6.28. The normalized spacial score (nSPS) is 16.9. The molecule has 0 radical (unpaired) electrons. The van der Waals surface area contributed by atoms with Crippen LogP contribution in [0.5, 0.6) is 0 Å². The van der Waals surface area contributed by atoms with Gasteiger partial charge in [-0.15, -0.1) is 0 Å². The molecule has 2 aromatic rings. The van der Waals surface area contributed by atoms with Crippen molar-refractivity contribution < 1.29 is 18.7 Å². The highest BCUT2D eigenvalue weighted by Crippen LogP contribution is 2.28. The van der Waals surface area contributed by atoms with Crippen LogP contribution in [-0.2, 0) is 12.8 Å². The van der Waals surface area contributed by atoms with Crippen molar-refractivity contribution in [2.75, 3.05) is 13.1 Å². The van der Waals surface area contributed by atoms with Gasteiger partial charge in [-0.3, -0.25) is 4.79 Å². The number of hydrogen-bond donors (Lipinski definition) is 1. The maximum Gasteiger partial charge on any atom is 0.291 e. The molecule has 0 bridgehead atoms. The minimum absolute atomic E-state index is 0.183. The Morgan fingerprint density at radius 1 is 1.40 bits per heavy atom. The van der Waals surface area contributed by atoms with Gasteiger partial charge in [0, 0.05) is 25.9 Å². The zero-order valence-corrected chi connectivity index (χ0v) is 14.6. The van der Waals surface area contributed by atoms with E-state index in [1.54, 1.807) is 17.9 Å². The predicted octanol–water partition coefficient (Wildman–Crippen LogP) is 2.89. The van der Waals surface area contributed by atoms with Crippen LogP contribution in [0.15, 0.2) is 28.7 Å². The molecule has 6 heteroatoms. The zero-order chi connectivity index (χ0) is 18.0. The Hall–Kier alpha value is -2.21. The second-order valence-electron chi connectivity index (χ2n) is 6.70. The maximum atomic E-state index is 13.3. The Bertz CT molecular complexity index is 764. The van der Waals surface area contributed by atoms with E-state index in [-0.39, 0.29) is 17.5 Å². The minimum atomic E-state index is -0.921. The Balaban J connectivity index is 1.64. The Kier molecular flexibility index (Phi) is 4.90. The predicted molar refractivity (Wildman–Crippen MR) is 90.8 cm³/mol. The fourth-order valence-corrected chi connectivity index (χ4v) is 3.28. The molecule has 0 atom stereocenters. The molecule has 1 saturated heterocycles. The largest absolute Gasteiger partial charge is 0.435 e. The molecule has 134 valence electrons. The molecule has 0 saturated carbocycles. The van der Waals surface area contributed by atoms with Gasteiger partial charge in [0.15, 0.2) is 5.89 Å². The molecular formula is C19H23FN2O3. The molecule has 5 nitrogen and oxygen atoms in total. The number of piperidine rings is 1. The highest BCUT2D eigenvalue weighted by molar-refractivity contribution is 5.92. The number of halogens is 1. The summed E-state index contributed by atoms with van der Waals surface area (Å²) in [4.78, 5) is 18.6. The molecule has 0 aliphatic carbocycles. The summed E-state index contributed by atoms with van der Waals surface area (Å²) in [6.07, 6.45) is 1.92. The van der Waals surface area contributed by atoms with Crippen molar-refractivity contribution in [3.63, 3.8) is 0 Å². The van der Waals surface area contributed by atoms with Gasteiger partial charge in [-0.25, -0.2) is 9.37 Å². The van der Waals surface area contributed by atoms with Gasteiger partial charge in [-0.05, 0) is 37.5 Å². The molecule has 1 fully saturated rings. The summed E-state index contributed by atoms with van der Waals surface area (Å²) >= 11 is 0. The van der Waals surface area contributed by atoms with Crippen molar-refractivity contribution in [3.05, 3.63) is 53.0 Å². The van der Waals surface area contributed by atoms with E-state index < -0.39 is 5.60 Å². The first kappa shape index (κ1) is 17.6. The number of amides is 1. The fourth-order valence-electron chi connectivity index (χ4n) is 3.28. The van der Waals surface area contributed by atoms with Gasteiger partial charge >= 0.3 is 0 Å².